The maximum absolute atomic E-state index is 11.0. The summed E-state index contributed by atoms with van der Waals surface area (Å²) in [7, 11) is 0. The van der Waals surface area contributed by atoms with Gasteiger partial charge in [0.2, 0.25) is 5.88 Å². The molecule has 17 heavy (non-hydrogen) atoms. The van der Waals surface area contributed by atoms with Crippen molar-refractivity contribution < 1.29 is 9.53 Å². The molecule has 0 spiro atoms. The van der Waals surface area contributed by atoms with Gasteiger partial charge in [-0.3, -0.25) is 0 Å². The average molecular weight is 225 g/mol. The molecule has 0 aliphatic carbocycles. The van der Waals surface area contributed by atoms with E-state index in [1.807, 2.05) is 30.3 Å². The second kappa shape index (κ2) is 3.79. The molecule has 0 N–H and O–H groups in total. The Morgan fingerprint density at radius 3 is 2.59 bits per heavy atom. The van der Waals surface area contributed by atoms with Crippen LogP contribution in [0.3, 0.4) is 0 Å². The van der Waals surface area contributed by atoms with E-state index >= 15 is 0 Å². The number of hydrogen-bond acceptors (Lipinski definition) is 3. The first-order chi connectivity index (χ1) is 8.31. The van der Waals surface area contributed by atoms with Crippen LogP contribution in [0.15, 0.2) is 52.4 Å². The molecule has 3 rings (SSSR count). The van der Waals surface area contributed by atoms with Gasteiger partial charge in [0.05, 0.1) is 0 Å². The number of para-hydroxylation sites is 1. The van der Waals surface area contributed by atoms with Crippen molar-refractivity contribution in [3.05, 3.63) is 53.3 Å². The monoisotopic (exact) mass is 225 g/mol. The van der Waals surface area contributed by atoms with Crippen LogP contribution in [-0.4, -0.2) is 11.0 Å². The largest absolute Gasteiger partial charge is 0.439 e. The molecule has 0 radical (unpaired) electrons. The van der Waals surface area contributed by atoms with Crippen LogP contribution in [0, 0.1) is 0 Å². The minimum atomic E-state index is -0.524. The zero-order valence-electron chi connectivity index (χ0n) is 8.70. The van der Waals surface area contributed by atoms with Crippen molar-refractivity contribution in [1.82, 2.24) is 4.98 Å². The third kappa shape index (κ3) is 1.90. The Hall–Kier alpha value is -2.56. The predicted molar refractivity (Wildman–Crippen MR) is 58.5 cm³/mol. The fraction of sp³-hybridized carbons (Fsp3) is 0. The Labute approximate surface area is 96.1 Å². The summed E-state index contributed by atoms with van der Waals surface area (Å²) in [5.74, 6) is 1.07. The number of carbonyl (C=O) groups excluding carboxylic acids is 1. The number of urea groups is 1. The molecule has 0 unspecified atom stereocenters. The second-order valence-electron chi connectivity index (χ2n) is 3.41. The number of pyridine rings is 1. The topological polar surface area (TPSA) is 63.9 Å². The Morgan fingerprint density at radius 2 is 1.76 bits per heavy atom. The van der Waals surface area contributed by atoms with Gasteiger partial charge in [0.25, 0.3) is 0 Å². The van der Waals surface area contributed by atoms with Crippen LogP contribution in [0.5, 0.6) is 11.6 Å². The maximum atomic E-state index is 11.0. The van der Waals surface area contributed by atoms with E-state index in [2.05, 4.69) is 15.0 Å². The molecule has 0 atom stereocenters. The molecule has 2 amide bonds. The second-order valence-corrected chi connectivity index (χ2v) is 3.41. The summed E-state index contributed by atoms with van der Waals surface area (Å²) in [6.07, 6.45) is 0. The zero-order valence-corrected chi connectivity index (χ0v) is 8.70. The molecule has 1 aromatic carbocycles. The first-order valence-corrected chi connectivity index (χ1v) is 5.03. The number of ether oxygens (including phenoxy) is 1. The lowest BCUT2D eigenvalue weighted by molar-refractivity contribution is 0.256. The Kier molecular flexibility index (Phi) is 2.15. The van der Waals surface area contributed by atoms with Crippen LogP contribution in [-0.2, 0) is 0 Å². The fourth-order valence-electron chi connectivity index (χ4n) is 1.48. The summed E-state index contributed by atoms with van der Waals surface area (Å²) >= 11 is 0. The van der Waals surface area contributed by atoms with Crippen molar-refractivity contribution in [2.75, 3.05) is 0 Å². The first-order valence-electron chi connectivity index (χ1n) is 5.03. The highest BCUT2D eigenvalue weighted by molar-refractivity contribution is 5.77. The summed E-state index contributed by atoms with van der Waals surface area (Å²) in [5, 5.41) is 0.482. The van der Waals surface area contributed by atoms with Gasteiger partial charge in [-0.25, -0.2) is 4.79 Å². The van der Waals surface area contributed by atoms with E-state index < -0.39 is 6.03 Å². The van der Waals surface area contributed by atoms with Gasteiger partial charge in [-0.15, -0.1) is 0 Å². The van der Waals surface area contributed by atoms with E-state index in [0.29, 0.717) is 22.5 Å². The lowest BCUT2D eigenvalue weighted by Gasteiger charge is -2.02. The van der Waals surface area contributed by atoms with Crippen molar-refractivity contribution in [3.8, 4) is 11.6 Å². The number of fused-ring (bicyclic) bond motifs is 1. The predicted octanol–water partition coefficient (Wildman–Crippen LogP) is 1.25. The molecular weight excluding hydrogens is 218 g/mol. The van der Waals surface area contributed by atoms with Gasteiger partial charge in [0.15, 0.2) is 5.49 Å². The van der Waals surface area contributed by atoms with Crippen LogP contribution >= 0.6 is 0 Å². The van der Waals surface area contributed by atoms with Crippen LogP contribution in [0.1, 0.15) is 0 Å². The highest BCUT2D eigenvalue weighted by atomic mass is 16.5. The normalized spacial score (nSPS) is 12.6. The minimum Gasteiger partial charge on any atom is -0.439 e. The van der Waals surface area contributed by atoms with Gasteiger partial charge < -0.3 is 4.74 Å². The molecule has 2 aromatic rings. The van der Waals surface area contributed by atoms with Crippen molar-refractivity contribution in [2.45, 2.75) is 0 Å². The Morgan fingerprint density at radius 1 is 0.941 bits per heavy atom. The molecule has 0 saturated carbocycles. The van der Waals surface area contributed by atoms with E-state index in [0.717, 1.165) is 0 Å². The molecule has 0 fully saturated rings. The van der Waals surface area contributed by atoms with Crippen molar-refractivity contribution in [3.63, 3.8) is 0 Å². The quantitative estimate of drug-likeness (QED) is 0.772. The number of aromatic nitrogens is 1. The highest BCUT2D eigenvalue weighted by Crippen LogP contribution is 2.16. The number of amides is 2. The number of benzene rings is 1. The molecule has 82 valence electrons. The lowest BCUT2D eigenvalue weighted by atomic mass is 10.3. The fourth-order valence-corrected chi connectivity index (χ4v) is 1.48. The van der Waals surface area contributed by atoms with Crippen LogP contribution in [0.25, 0.3) is 0 Å². The third-order valence-electron chi connectivity index (χ3n) is 2.21. The third-order valence-corrected chi connectivity index (χ3v) is 2.21. The number of hydrogen-bond donors (Lipinski definition) is 0. The van der Waals surface area contributed by atoms with Gasteiger partial charge in [0.1, 0.15) is 11.1 Å². The number of carbonyl (C=O) groups is 1. The summed E-state index contributed by atoms with van der Waals surface area (Å²) in [4.78, 5) is 22.4. The summed E-state index contributed by atoms with van der Waals surface area (Å²) in [6, 6.07) is 12.1. The standard InChI is InChI=1S/C12H7N3O2/c16-12-13-9-6-7-10(14-11(9)15-12)17-8-4-2-1-3-5-8/h1-7H. The minimum absolute atomic E-state index is 0.309. The van der Waals surface area contributed by atoms with Crippen LogP contribution < -0.4 is 15.6 Å². The molecule has 0 bridgehead atoms. The molecule has 5 nitrogen and oxygen atoms in total. The molecule has 1 aliphatic heterocycles. The van der Waals surface area contributed by atoms with E-state index in [-0.39, 0.29) is 0 Å². The van der Waals surface area contributed by atoms with Gasteiger partial charge >= 0.3 is 6.03 Å². The Balaban J connectivity index is 1.98. The van der Waals surface area contributed by atoms with Crippen molar-refractivity contribution >= 4 is 6.03 Å². The van der Waals surface area contributed by atoms with Crippen molar-refractivity contribution in [1.29, 1.82) is 0 Å². The van der Waals surface area contributed by atoms with Gasteiger partial charge in [-0.2, -0.15) is 15.0 Å². The smallest absolute Gasteiger partial charge is 0.369 e. The van der Waals surface area contributed by atoms with Gasteiger partial charge in [-0.05, 0) is 18.2 Å². The Bertz CT molecular complexity index is 695. The summed E-state index contributed by atoms with van der Waals surface area (Å²) in [5.41, 5.74) is 0.309. The maximum Gasteiger partial charge on any atom is 0.369 e. The van der Waals surface area contributed by atoms with Gasteiger partial charge in [0, 0.05) is 6.07 Å². The van der Waals surface area contributed by atoms with Gasteiger partial charge in [-0.1, -0.05) is 18.2 Å². The first kappa shape index (κ1) is 9.65. The van der Waals surface area contributed by atoms with E-state index in [1.54, 1.807) is 12.1 Å². The molecule has 0 saturated heterocycles. The number of rotatable bonds is 2. The molecule has 1 aliphatic rings. The SMILES string of the molecule is O=C1N=c2ccc(Oc3ccccc3)nc2=N1. The van der Waals surface area contributed by atoms with Crippen LogP contribution in [0.4, 0.5) is 4.79 Å². The lowest BCUT2D eigenvalue weighted by Crippen LogP contribution is -2.25. The summed E-state index contributed by atoms with van der Waals surface area (Å²) < 4.78 is 5.51. The van der Waals surface area contributed by atoms with Crippen molar-refractivity contribution in [2.24, 2.45) is 9.98 Å². The molecular formula is C12H7N3O2. The highest BCUT2D eigenvalue weighted by Gasteiger charge is 2.07. The number of nitrogens with zero attached hydrogens (tertiary/aromatic N) is 3. The van der Waals surface area contributed by atoms with Crippen LogP contribution in [0.2, 0.25) is 0 Å². The molecule has 1 aromatic heterocycles. The molecule has 5 heteroatoms. The van der Waals surface area contributed by atoms with E-state index in [1.165, 1.54) is 0 Å². The zero-order chi connectivity index (χ0) is 11.7. The molecule has 2 heterocycles. The average Bonchev–Trinajstić information content (AvgIpc) is 2.70. The summed E-state index contributed by atoms with van der Waals surface area (Å²) in [6.45, 7) is 0. The van der Waals surface area contributed by atoms with E-state index in [4.69, 9.17) is 4.74 Å². The van der Waals surface area contributed by atoms with E-state index in [9.17, 15) is 4.79 Å².